The van der Waals surface area contributed by atoms with Crippen LogP contribution in [0.5, 0.6) is 17.2 Å². The molecule has 0 unspecified atom stereocenters. The van der Waals surface area contributed by atoms with Gasteiger partial charge in [0.1, 0.15) is 12.4 Å². The van der Waals surface area contributed by atoms with Gasteiger partial charge < -0.3 is 24.8 Å². The second kappa shape index (κ2) is 8.75. The number of ether oxygens (including phenoxy) is 3. The van der Waals surface area contributed by atoms with Gasteiger partial charge in [0.2, 0.25) is 18.6 Å². The summed E-state index contributed by atoms with van der Waals surface area (Å²) in [5.41, 5.74) is 1.57. The maximum atomic E-state index is 11.8. The van der Waals surface area contributed by atoms with Crippen molar-refractivity contribution in [2.75, 3.05) is 25.3 Å². The summed E-state index contributed by atoms with van der Waals surface area (Å²) in [6.07, 6.45) is 3.15. The van der Waals surface area contributed by atoms with Crippen LogP contribution in [0.25, 0.3) is 6.08 Å². The number of fused-ring (bicyclic) bond motifs is 1. The van der Waals surface area contributed by atoms with Crippen LogP contribution >= 0.6 is 0 Å². The summed E-state index contributed by atoms with van der Waals surface area (Å²) in [6.45, 7) is 2.38. The average Bonchev–Trinajstić information content (AvgIpc) is 3.12. The van der Waals surface area contributed by atoms with Crippen molar-refractivity contribution in [2.24, 2.45) is 0 Å². The molecule has 2 amide bonds. The van der Waals surface area contributed by atoms with Crippen molar-refractivity contribution in [2.45, 2.75) is 6.92 Å². The van der Waals surface area contributed by atoms with E-state index >= 15 is 0 Å². The maximum Gasteiger partial charge on any atom is 0.244 e. The molecular formula is C20H20N2O5. The monoisotopic (exact) mass is 368 g/mol. The third-order valence-electron chi connectivity index (χ3n) is 3.67. The van der Waals surface area contributed by atoms with Crippen LogP contribution in [-0.2, 0) is 9.59 Å². The zero-order valence-electron chi connectivity index (χ0n) is 14.9. The van der Waals surface area contributed by atoms with E-state index in [0.717, 1.165) is 5.56 Å². The van der Waals surface area contributed by atoms with Crippen molar-refractivity contribution in [3.8, 4) is 17.2 Å². The van der Waals surface area contributed by atoms with Gasteiger partial charge in [0.05, 0.1) is 6.54 Å². The molecule has 0 atom stereocenters. The fourth-order valence-corrected chi connectivity index (χ4v) is 2.42. The fourth-order valence-electron chi connectivity index (χ4n) is 2.42. The largest absolute Gasteiger partial charge is 0.492 e. The van der Waals surface area contributed by atoms with Crippen LogP contribution in [0.15, 0.2) is 48.5 Å². The minimum absolute atomic E-state index is 0.124. The van der Waals surface area contributed by atoms with Crippen molar-refractivity contribution < 1.29 is 23.8 Å². The Hall–Kier alpha value is -3.48. The molecule has 3 rings (SSSR count). The third-order valence-corrected chi connectivity index (χ3v) is 3.67. The Morgan fingerprint density at radius 3 is 2.67 bits per heavy atom. The molecule has 0 saturated carbocycles. The Balaban J connectivity index is 1.39. The van der Waals surface area contributed by atoms with Crippen LogP contribution in [-0.4, -0.2) is 31.8 Å². The number of nitrogens with one attached hydrogen (secondary N) is 2. The molecule has 7 heteroatoms. The number of hydrogen-bond donors (Lipinski definition) is 2. The molecule has 0 aromatic heterocycles. The van der Waals surface area contributed by atoms with E-state index in [9.17, 15) is 9.59 Å². The summed E-state index contributed by atoms with van der Waals surface area (Å²) in [5, 5.41) is 5.44. The van der Waals surface area contributed by atoms with Gasteiger partial charge in [-0.15, -0.1) is 0 Å². The van der Waals surface area contributed by atoms with Crippen LogP contribution in [0.2, 0.25) is 0 Å². The fraction of sp³-hybridized carbons (Fsp3) is 0.200. The van der Waals surface area contributed by atoms with Gasteiger partial charge in [0.15, 0.2) is 11.5 Å². The summed E-state index contributed by atoms with van der Waals surface area (Å²) in [5.74, 6) is 1.68. The highest BCUT2D eigenvalue weighted by Gasteiger charge is 2.13. The minimum Gasteiger partial charge on any atom is -0.492 e. The summed E-state index contributed by atoms with van der Waals surface area (Å²) in [6, 6.07) is 12.5. The van der Waals surface area contributed by atoms with Crippen LogP contribution < -0.4 is 24.8 Å². The van der Waals surface area contributed by atoms with Crippen LogP contribution in [0, 0.1) is 0 Å². The van der Waals surface area contributed by atoms with E-state index in [1.54, 1.807) is 36.4 Å². The van der Waals surface area contributed by atoms with Gasteiger partial charge in [-0.1, -0.05) is 12.1 Å². The molecule has 2 aromatic carbocycles. The molecule has 0 radical (unpaired) electrons. The summed E-state index contributed by atoms with van der Waals surface area (Å²) in [7, 11) is 0. The highest BCUT2D eigenvalue weighted by Crippen LogP contribution is 2.34. The van der Waals surface area contributed by atoms with E-state index in [1.165, 1.54) is 13.0 Å². The summed E-state index contributed by atoms with van der Waals surface area (Å²) < 4.78 is 16.1. The van der Waals surface area contributed by atoms with Crippen LogP contribution in [0.1, 0.15) is 12.5 Å². The minimum atomic E-state index is -0.213. The number of hydrogen-bond acceptors (Lipinski definition) is 5. The van der Waals surface area contributed by atoms with E-state index in [-0.39, 0.29) is 18.6 Å². The van der Waals surface area contributed by atoms with E-state index < -0.39 is 0 Å². The smallest absolute Gasteiger partial charge is 0.244 e. The van der Waals surface area contributed by atoms with Crippen molar-refractivity contribution >= 4 is 23.6 Å². The predicted octanol–water partition coefficient (Wildman–Crippen LogP) is 2.58. The topological polar surface area (TPSA) is 85.9 Å². The molecule has 0 bridgehead atoms. The van der Waals surface area contributed by atoms with Crippen molar-refractivity contribution in [1.82, 2.24) is 5.32 Å². The lowest BCUT2D eigenvalue weighted by Gasteiger charge is -2.07. The van der Waals surface area contributed by atoms with E-state index in [1.807, 2.05) is 12.1 Å². The Morgan fingerprint density at radius 2 is 1.89 bits per heavy atom. The van der Waals surface area contributed by atoms with Crippen LogP contribution in [0.4, 0.5) is 5.69 Å². The third kappa shape index (κ3) is 5.50. The molecule has 7 nitrogen and oxygen atoms in total. The zero-order valence-corrected chi connectivity index (χ0v) is 14.9. The van der Waals surface area contributed by atoms with Gasteiger partial charge in [-0.05, 0) is 35.9 Å². The standard InChI is InChI=1S/C20H20N2O5/c1-14(23)22-16-5-2-15(3-6-16)4-9-20(24)21-10-11-25-17-7-8-18-19(12-17)27-13-26-18/h2-9,12H,10-11,13H2,1H3,(H,21,24)(H,22,23). The summed E-state index contributed by atoms with van der Waals surface area (Å²) >= 11 is 0. The van der Waals surface area contributed by atoms with Crippen molar-refractivity contribution in [3.63, 3.8) is 0 Å². The lowest BCUT2D eigenvalue weighted by molar-refractivity contribution is -0.116. The number of amides is 2. The second-order valence-electron chi connectivity index (χ2n) is 5.79. The molecule has 0 saturated heterocycles. The molecule has 1 aliphatic heterocycles. The number of benzene rings is 2. The molecule has 0 aliphatic carbocycles. The van der Waals surface area contributed by atoms with E-state index in [0.29, 0.717) is 36.1 Å². The lowest BCUT2D eigenvalue weighted by atomic mass is 10.2. The van der Waals surface area contributed by atoms with Crippen molar-refractivity contribution in [3.05, 3.63) is 54.1 Å². The molecule has 27 heavy (non-hydrogen) atoms. The SMILES string of the molecule is CC(=O)Nc1ccc(C=CC(=O)NCCOc2ccc3c(c2)OCO3)cc1. The molecule has 140 valence electrons. The highest BCUT2D eigenvalue weighted by atomic mass is 16.7. The zero-order chi connectivity index (χ0) is 19.1. The molecule has 2 N–H and O–H groups in total. The molecular weight excluding hydrogens is 348 g/mol. The molecule has 1 heterocycles. The summed E-state index contributed by atoms with van der Waals surface area (Å²) in [4.78, 5) is 22.8. The van der Waals surface area contributed by atoms with Gasteiger partial charge in [-0.3, -0.25) is 9.59 Å². The van der Waals surface area contributed by atoms with Crippen molar-refractivity contribution in [1.29, 1.82) is 0 Å². The molecule has 0 spiro atoms. The first-order valence-electron chi connectivity index (χ1n) is 8.46. The number of anilines is 1. The van der Waals surface area contributed by atoms with E-state index in [2.05, 4.69) is 10.6 Å². The average molecular weight is 368 g/mol. The number of rotatable bonds is 7. The van der Waals surface area contributed by atoms with Crippen LogP contribution in [0.3, 0.4) is 0 Å². The Labute approximate surface area is 156 Å². The molecule has 1 aliphatic rings. The Kier molecular flexibility index (Phi) is 5.94. The van der Waals surface area contributed by atoms with Gasteiger partial charge >= 0.3 is 0 Å². The first-order valence-corrected chi connectivity index (χ1v) is 8.46. The number of carbonyl (C=O) groups excluding carboxylic acids is 2. The first kappa shape index (κ1) is 18.3. The highest BCUT2D eigenvalue weighted by molar-refractivity contribution is 5.92. The van der Waals surface area contributed by atoms with Gasteiger partial charge in [0, 0.05) is 24.8 Å². The van der Waals surface area contributed by atoms with Gasteiger partial charge in [-0.2, -0.15) is 0 Å². The maximum absolute atomic E-state index is 11.8. The quantitative estimate of drug-likeness (QED) is 0.580. The Bertz CT molecular complexity index is 846. The second-order valence-corrected chi connectivity index (χ2v) is 5.79. The van der Waals surface area contributed by atoms with Gasteiger partial charge in [-0.25, -0.2) is 0 Å². The number of carbonyl (C=O) groups is 2. The predicted molar refractivity (Wildman–Crippen MR) is 101 cm³/mol. The normalized spacial score (nSPS) is 12.0. The lowest BCUT2D eigenvalue weighted by Crippen LogP contribution is -2.26. The van der Waals surface area contributed by atoms with E-state index in [4.69, 9.17) is 14.2 Å². The Morgan fingerprint density at radius 1 is 1.11 bits per heavy atom. The van der Waals surface area contributed by atoms with Gasteiger partial charge in [0.25, 0.3) is 0 Å². The molecule has 0 fully saturated rings. The first-order chi connectivity index (χ1) is 13.1. The molecule has 2 aromatic rings.